The number of nitrogens with zero attached hydrogens (tertiary/aromatic N) is 4. The first kappa shape index (κ1) is 19.1. The van der Waals surface area contributed by atoms with Crippen LogP contribution in [0.15, 0.2) is 103 Å². The second-order valence-electron chi connectivity index (χ2n) is 7.54. The SMILES string of the molecule is Ic1ccc2c(c1)c1ccccc1n2-c1cc(-c2ccccn2)nc(-c2ccccn2)c1. The van der Waals surface area contributed by atoms with Crippen molar-refractivity contribution in [3.8, 4) is 28.5 Å². The van der Waals surface area contributed by atoms with Crippen LogP contribution in [-0.2, 0) is 0 Å². The Morgan fingerprint density at radius 1 is 0.562 bits per heavy atom. The number of aromatic nitrogens is 4. The van der Waals surface area contributed by atoms with Gasteiger partial charge in [0, 0.05) is 26.7 Å². The van der Waals surface area contributed by atoms with Crippen molar-refractivity contribution in [2.24, 2.45) is 0 Å². The maximum atomic E-state index is 4.92. The van der Waals surface area contributed by atoms with E-state index < -0.39 is 0 Å². The highest BCUT2D eigenvalue weighted by Crippen LogP contribution is 2.34. The minimum atomic E-state index is 0.820. The molecule has 6 aromatic rings. The molecule has 0 bridgehead atoms. The van der Waals surface area contributed by atoms with Gasteiger partial charge in [0.2, 0.25) is 0 Å². The summed E-state index contributed by atoms with van der Waals surface area (Å²) in [6.45, 7) is 0. The molecule has 0 aliphatic rings. The third kappa shape index (κ3) is 3.26. The molecule has 0 unspecified atom stereocenters. The van der Waals surface area contributed by atoms with Gasteiger partial charge in [-0.15, -0.1) is 0 Å². The van der Waals surface area contributed by atoms with Crippen LogP contribution >= 0.6 is 22.6 Å². The van der Waals surface area contributed by atoms with Gasteiger partial charge in [0.05, 0.1) is 39.5 Å². The number of benzene rings is 2. The lowest BCUT2D eigenvalue weighted by atomic mass is 10.1. The predicted octanol–water partition coefficient (Wildman–Crippen LogP) is 6.91. The zero-order valence-corrected chi connectivity index (χ0v) is 19.1. The van der Waals surface area contributed by atoms with Crippen LogP contribution in [0.2, 0.25) is 0 Å². The van der Waals surface area contributed by atoms with Crippen LogP contribution in [0.25, 0.3) is 50.3 Å². The minimum Gasteiger partial charge on any atom is -0.309 e. The maximum absolute atomic E-state index is 4.92. The fourth-order valence-corrected chi connectivity index (χ4v) is 4.65. The van der Waals surface area contributed by atoms with E-state index in [-0.39, 0.29) is 0 Å². The number of halogens is 1. The van der Waals surface area contributed by atoms with Crippen LogP contribution in [0.4, 0.5) is 0 Å². The van der Waals surface area contributed by atoms with Crippen molar-refractivity contribution in [1.29, 1.82) is 0 Å². The van der Waals surface area contributed by atoms with E-state index in [1.807, 2.05) is 36.4 Å². The molecule has 0 amide bonds. The average Bonchev–Trinajstić information content (AvgIpc) is 3.18. The molecule has 0 spiro atoms. The van der Waals surface area contributed by atoms with Crippen molar-refractivity contribution in [3.63, 3.8) is 0 Å². The van der Waals surface area contributed by atoms with Crippen molar-refractivity contribution >= 4 is 44.4 Å². The molecule has 0 fully saturated rings. The molecule has 0 N–H and O–H groups in total. The smallest absolute Gasteiger partial charge is 0.0915 e. The molecular formula is C27H17IN4. The lowest BCUT2D eigenvalue weighted by molar-refractivity contribution is 1.14. The minimum absolute atomic E-state index is 0.820. The van der Waals surface area contributed by atoms with Gasteiger partial charge in [-0.1, -0.05) is 30.3 Å². The summed E-state index contributed by atoms with van der Waals surface area (Å²) in [5.74, 6) is 0. The van der Waals surface area contributed by atoms with Crippen molar-refractivity contribution in [3.05, 3.63) is 107 Å². The van der Waals surface area contributed by atoms with E-state index in [1.165, 1.54) is 14.3 Å². The molecule has 0 aliphatic carbocycles. The summed E-state index contributed by atoms with van der Waals surface area (Å²) in [5.41, 5.74) is 6.67. The molecular weight excluding hydrogens is 507 g/mol. The Kier molecular flexibility index (Phi) is 4.69. The summed E-state index contributed by atoms with van der Waals surface area (Å²) in [5, 5.41) is 2.47. The number of pyridine rings is 3. The molecule has 4 nitrogen and oxygen atoms in total. The van der Waals surface area contributed by atoms with Gasteiger partial charge in [-0.3, -0.25) is 9.97 Å². The largest absolute Gasteiger partial charge is 0.309 e. The molecule has 0 saturated heterocycles. The number of rotatable bonds is 3. The molecule has 152 valence electrons. The first-order chi connectivity index (χ1) is 15.8. The van der Waals surface area contributed by atoms with E-state index in [9.17, 15) is 0 Å². The second-order valence-corrected chi connectivity index (χ2v) is 8.79. The molecule has 0 saturated carbocycles. The van der Waals surface area contributed by atoms with Gasteiger partial charge in [0.15, 0.2) is 0 Å². The summed E-state index contributed by atoms with van der Waals surface area (Å²) in [7, 11) is 0. The summed E-state index contributed by atoms with van der Waals surface area (Å²) in [6.07, 6.45) is 3.60. The molecule has 0 aliphatic heterocycles. The summed E-state index contributed by atoms with van der Waals surface area (Å²) >= 11 is 2.37. The van der Waals surface area contributed by atoms with E-state index in [0.717, 1.165) is 39.5 Å². The first-order valence-electron chi connectivity index (χ1n) is 10.3. The summed E-state index contributed by atoms with van der Waals surface area (Å²) in [6, 6.07) is 31.1. The standard InChI is InChI=1S/C27H17IN4/c28-18-11-12-27-21(15-18)20-7-1-2-10-26(20)32(27)19-16-24(22-8-3-5-13-29-22)31-25(17-19)23-9-4-6-14-30-23/h1-17H. The monoisotopic (exact) mass is 524 g/mol. The molecule has 6 rings (SSSR count). The highest BCUT2D eigenvalue weighted by molar-refractivity contribution is 14.1. The third-order valence-corrected chi connectivity index (χ3v) is 6.23. The first-order valence-corrected chi connectivity index (χ1v) is 11.4. The van der Waals surface area contributed by atoms with E-state index >= 15 is 0 Å². The van der Waals surface area contributed by atoms with Crippen molar-refractivity contribution in [2.75, 3.05) is 0 Å². The van der Waals surface area contributed by atoms with Crippen molar-refractivity contribution in [1.82, 2.24) is 19.5 Å². The van der Waals surface area contributed by atoms with E-state index in [2.05, 4.69) is 91.7 Å². The van der Waals surface area contributed by atoms with E-state index in [1.54, 1.807) is 12.4 Å². The quantitative estimate of drug-likeness (QED) is 0.237. The number of hydrogen-bond acceptors (Lipinski definition) is 3. The molecule has 4 aromatic heterocycles. The molecule has 5 heteroatoms. The third-order valence-electron chi connectivity index (χ3n) is 5.56. The lowest BCUT2D eigenvalue weighted by Gasteiger charge is -2.12. The van der Waals surface area contributed by atoms with Crippen LogP contribution in [0.1, 0.15) is 0 Å². The van der Waals surface area contributed by atoms with E-state index in [4.69, 9.17) is 4.98 Å². The predicted molar refractivity (Wildman–Crippen MR) is 138 cm³/mol. The van der Waals surface area contributed by atoms with Gasteiger partial charge >= 0.3 is 0 Å². The number of fused-ring (bicyclic) bond motifs is 3. The summed E-state index contributed by atoms with van der Waals surface area (Å²) < 4.78 is 3.53. The van der Waals surface area contributed by atoms with Gasteiger partial charge in [0.25, 0.3) is 0 Å². The molecule has 0 atom stereocenters. The van der Waals surface area contributed by atoms with Crippen LogP contribution in [0, 0.1) is 3.57 Å². The van der Waals surface area contributed by atoms with Crippen LogP contribution < -0.4 is 0 Å². The lowest BCUT2D eigenvalue weighted by Crippen LogP contribution is -1.99. The van der Waals surface area contributed by atoms with Crippen LogP contribution in [-0.4, -0.2) is 19.5 Å². The number of para-hydroxylation sites is 1. The highest BCUT2D eigenvalue weighted by Gasteiger charge is 2.15. The molecule has 32 heavy (non-hydrogen) atoms. The normalized spacial score (nSPS) is 11.3. The highest BCUT2D eigenvalue weighted by atomic mass is 127. The zero-order chi connectivity index (χ0) is 21.5. The molecule has 4 heterocycles. The Labute approximate surface area is 198 Å². The Bertz CT molecular complexity index is 1520. The molecule has 0 radical (unpaired) electrons. The number of hydrogen-bond donors (Lipinski definition) is 0. The van der Waals surface area contributed by atoms with Gasteiger partial charge in [-0.05, 0) is 83.3 Å². The second kappa shape index (κ2) is 7.84. The fourth-order valence-electron chi connectivity index (χ4n) is 4.16. The van der Waals surface area contributed by atoms with Crippen molar-refractivity contribution < 1.29 is 0 Å². The average molecular weight is 524 g/mol. The van der Waals surface area contributed by atoms with Gasteiger partial charge in [0.1, 0.15) is 0 Å². The Morgan fingerprint density at radius 2 is 1.19 bits per heavy atom. The fraction of sp³-hybridized carbons (Fsp3) is 0. The Balaban J connectivity index is 1.70. The molecule has 2 aromatic carbocycles. The van der Waals surface area contributed by atoms with Crippen molar-refractivity contribution in [2.45, 2.75) is 0 Å². The van der Waals surface area contributed by atoms with E-state index in [0.29, 0.717) is 0 Å². The zero-order valence-electron chi connectivity index (χ0n) is 17.0. The van der Waals surface area contributed by atoms with Gasteiger partial charge in [-0.2, -0.15) is 0 Å². The van der Waals surface area contributed by atoms with Crippen LogP contribution in [0.3, 0.4) is 0 Å². The van der Waals surface area contributed by atoms with Gasteiger partial charge < -0.3 is 4.57 Å². The van der Waals surface area contributed by atoms with Crippen LogP contribution in [0.5, 0.6) is 0 Å². The Hall–Kier alpha value is -3.58. The topological polar surface area (TPSA) is 43.6 Å². The van der Waals surface area contributed by atoms with Gasteiger partial charge in [-0.25, -0.2) is 4.98 Å². The summed E-state index contributed by atoms with van der Waals surface area (Å²) in [4.78, 5) is 14.0. The Morgan fingerprint density at radius 3 is 1.84 bits per heavy atom. The maximum Gasteiger partial charge on any atom is 0.0915 e.